The average molecular weight is 213 g/mol. The predicted octanol–water partition coefficient (Wildman–Crippen LogP) is 2.83. The Kier molecular flexibility index (Phi) is 5.62. The van der Waals surface area contributed by atoms with Crippen LogP contribution in [0.1, 0.15) is 47.0 Å². The summed E-state index contributed by atoms with van der Waals surface area (Å²) in [5.74, 6) is 1.49. The van der Waals surface area contributed by atoms with E-state index in [0.29, 0.717) is 12.1 Å². The van der Waals surface area contributed by atoms with E-state index in [2.05, 4.69) is 33.0 Å². The molecule has 0 aromatic heterocycles. The molecule has 1 saturated heterocycles. The van der Waals surface area contributed by atoms with Crippen LogP contribution in [-0.4, -0.2) is 25.3 Å². The van der Waals surface area contributed by atoms with Crippen LogP contribution in [0.3, 0.4) is 0 Å². The largest absolute Gasteiger partial charge is 0.378 e. The lowest BCUT2D eigenvalue weighted by molar-refractivity contribution is 0.0379. The van der Waals surface area contributed by atoms with Crippen LogP contribution in [0.2, 0.25) is 0 Å². The Hall–Kier alpha value is -0.0800. The minimum absolute atomic E-state index is 0.506. The maximum absolute atomic E-state index is 5.90. The molecule has 0 radical (unpaired) electrons. The van der Waals surface area contributed by atoms with E-state index in [-0.39, 0.29) is 0 Å². The van der Waals surface area contributed by atoms with E-state index >= 15 is 0 Å². The Bertz CT molecular complexity index is 166. The normalized spacial score (nSPS) is 26.8. The van der Waals surface area contributed by atoms with Gasteiger partial charge in [0.25, 0.3) is 0 Å². The topological polar surface area (TPSA) is 21.3 Å². The summed E-state index contributed by atoms with van der Waals surface area (Å²) in [4.78, 5) is 0. The summed E-state index contributed by atoms with van der Waals surface area (Å²) < 4.78 is 5.90. The molecule has 2 heteroatoms. The third-order valence-electron chi connectivity index (χ3n) is 3.57. The second-order valence-corrected chi connectivity index (χ2v) is 5.02. The molecule has 0 amide bonds. The van der Waals surface area contributed by atoms with Crippen LogP contribution in [0.5, 0.6) is 0 Å². The van der Waals surface area contributed by atoms with Gasteiger partial charge in [0.2, 0.25) is 0 Å². The highest BCUT2D eigenvalue weighted by molar-refractivity contribution is 4.83. The fourth-order valence-electron chi connectivity index (χ4n) is 2.54. The zero-order chi connectivity index (χ0) is 11.3. The first-order valence-corrected chi connectivity index (χ1v) is 6.54. The highest BCUT2D eigenvalue weighted by atomic mass is 16.5. The fraction of sp³-hybridized carbons (Fsp3) is 1.00. The molecule has 2 nitrogen and oxygen atoms in total. The summed E-state index contributed by atoms with van der Waals surface area (Å²) in [5.41, 5.74) is 0. The molecule has 0 bridgehead atoms. The van der Waals surface area contributed by atoms with Crippen LogP contribution in [0.4, 0.5) is 0 Å². The van der Waals surface area contributed by atoms with Crippen LogP contribution in [-0.2, 0) is 4.74 Å². The molecule has 2 unspecified atom stereocenters. The zero-order valence-electron chi connectivity index (χ0n) is 10.8. The lowest BCUT2D eigenvalue weighted by Crippen LogP contribution is -2.35. The number of nitrogens with one attached hydrogen (secondary N) is 1. The molecular formula is C13H27NO. The Labute approximate surface area is 94.8 Å². The minimum atomic E-state index is 0.506. The van der Waals surface area contributed by atoms with E-state index in [9.17, 15) is 0 Å². The van der Waals surface area contributed by atoms with Crippen molar-refractivity contribution in [3.05, 3.63) is 0 Å². The van der Waals surface area contributed by atoms with Crippen molar-refractivity contribution in [2.24, 2.45) is 11.8 Å². The molecule has 0 aromatic rings. The van der Waals surface area contributed by atoms with Gasteiger partial charge in [0.05, 0.1) is 6.10 Å². The van der Waals surface area contributed by atoms with Crippen LogP contribution < -0.4 is 5.32 Å². The fourth-order valence-corrected chi connectivity index (χ4v) is 2.54. The van der Waals surface area contributed by atoms with Gasteiger partial charge in [-0.3, -0.25) is 0 Å². The quantitative estimate of drug-likeness (QED) is 0.732. The molecule has 0 aliphatic carbocycles. The van der Waals surface area contributed by atoms with E-state index in [0.717, 1.165) is 25.0 Å². The summed E-state index contributed by atoms with van der Waals surface area (Å²) in [6.45, 7) is 11.1. The van der Waals surface area contributed by atoms with Gasteiger partial charge >= 0.3 is 0 Å². The van der Waals surface area contributed by atoms with Crippen molar-refractivity contribution in [2.75, 3.05) is 13.2 Å². The molecule has 0 aromatic carbocycles. The standard InChI is InChI=1S/C13H27NO/c1-5-11(6-2)13-12(7-8-15-13)9-14-10(3)4/h10-14H,5-9H2,1-4H3. The first-order valence-electron chi connectivity index (χ1n) is 6.54. The van der Waals surface area contributed by atoms with Gasteiger partial charge in [-0.1, -0.05) is 40.5 Å². The van der Waals surface area contributed by atoms with Gasteiger partial charge in [0.15, 0.2) is 0 Å². The molecule has 0 spiro atoms. The molecule has 0 saturated carbocycles. The Balaban J connectivity index is 2.41. The SMILES string of the molecule is CCC(CC)C1OCCC1CNC(C)C. The Morgan fingerprint density at radius 2 is 1.93 bits per heavy atom. The Morgan fingerprint density at radius 3 is 2.47 bits per heavy atom. The first-order chi connectivity index (χ1) is 7.19. The lowest BCUT2D eigenvalue weighted by atomic mass is 9.87. The molecular weight excluding hydrogens is 186 g/mol. The predicted molar refractivity (Wildman–Crippen MR) is 65.1 cm³/mol. The minimum Gasteiger partial charge on any atom is -0.378 e. The van der Waals surface area contributed by atoms with Gasteiger partial charge in [0.1, 0.15) is 0 Å². The highest BCUT2D eigenvalue weighted by Gasteiger charge is 2.32. The molecule has 1 aliphatic heterocycles. The molecule has 15 heavy (non-hydrogen) atoms. The van der Waals surface area contributed by atoms with Crippen molar-refractivity contribution < 1.29 is 4.74 Å². The first kappa shape index (κ1) is 13.0. The number of hydrogen-bond donors (Lipinski definition) is 1. The molecule has 1 heterocycles. The number of ether oxygens (including phenoxy) is 1. The summed E-state index contributed by atoms with van der Waals surface area (Å²) in [7, 11) is 0. The maximum Gasteiger partial charge on any atom is 0.0644 e. The van der Waals surface area contributed by atoms with Crippen LogP contribution in [0.15, 0.2) is 0 Å². The van der Waals surface area contributed by atoms with E-state index in [1.165, 1.54) is 19.3 Å². The van der Waals surface area contributed by atoms with Crippen molar-refractivity contribution in [1.29, 1.82) is 0 Å². The average Bonchev–Trinajstić information content (AvgIpc) is 2.65. The third kappa shape index (κ3) is 3.76. The van der Waals surface area contributed by atoms with E-state index in [4.69, 9.17) is 4.74 Å². The van der Waals surface area contributed by atoms with E-state index in [1.807, 2.05) is 0 Å². The molecule has 1 rings (SSSR count). The van der Waals surface area contributed by atoms with Gasteiger partial charge < -0.3 is 10.1 Å². The summed E-state index contributed by atoms with van der Waals surface area (Å²) >= 11 is 0. The Morgan fingerprint density at radius 1 is 1.27 bits per heavy atom. The highest BCUT2D eigenvalue weighted by Crippen LogP contribution is 2.30. The number of hydrogen-bond acceptors (Lipinski definition) is 2. The maximum atomic E-state index is 5.90. The third-order valence-corrected chi connectivity index (χ3v) is 3.57. The molecule has 1 fully saturated rings. The van der Waals surface area contributed by atoms with E-state index in [1.54, 1.807) is 0 Å². The molecule has 1 N–H and O–H groups in total. The molecule has 90 valence electrons. The second kappa shape index (κ2) is 6.49. The van der Waals surface area contributed by atoms with Crippen molar-refractivity contribution in [2.45, 2.75) is 59.1 Å². The van der Waals surface area contributed by atoms with Gasteiger partial charge in [-0.25, -0.2) is 0 Å². The zero-order valence-corrected chi connectivity index (χ0v) is 10.8. The summed E-state index contributed by atoms with van der Waals surface area (Å²) in [6.07, 6.45) is 4.24. The van der Waals surface area contributed by atoms with Crippen molar-refractivity contribution in [1.82, 2.24) is 5.32 Å². The lowest BCUT2D eigenvalue weighted by Gasteiger charge is -2.26. The van der Waals surface area contributed by atoms with Gasteiger partial charge in [-0.15, -0.1) is 0 Å². The monoisotopic (exact) mass is 213 g/mol. The number of rotatable bonds is 6. The van der Waals surface area contributed by atoms with Crippen LogP contribution in [0.25, 0.3) is 0 Å². The van der Waals surface area contributed by atoms with Crippen molar-refractivity contribution >= 4 is 0 Å². The van der Waals surface area contributed by atoms with Crippen LogP contribution >= 0.6 is 0 Å². The van der Waals surface area contributed by atoms with Crippen molar-refractivity contribution in [3.63, 3.8) is 0 Å². The molecule has 1 aliphatic rings. The van der Waals surface area contributed by atoms with Gasteiger partial charge in [0, 0.05) is 25.1 Å². The van der Waals surface area contributed by atoms with Gasteiger partial charge in [-0.05, 0) is 12.3 Å². The summed E-state index contributed by atoms with van der Waals surface area (Å²) in [5, 5.41) is 3.54. The summed E-state index contributed by atoms with van der Waals surface area (Å²) in [6, 6.07) is 0.591. The van der Waals surface area contributed by atoms with Gasteiger partial charge in [-0.2, -0.15) is 0 Å². The smallest absolute Gasteiger partial charge is 0.0644 e. The van der Waals surface area contributed by atoms with Crippen molar-refractivity contribution in [3.8, 4) is 0 Å². The molecule has 2 atom stereocenters. The second-order valence-electron chi connectivity index (χ2n) is 5.02. The van der Waals surface area contributed by atoms with Crippen LogP contribution in [0, 0.1) is 11.8 Å². The van der Waals surface area contributed by atoms with E-state index < -0.39 is 0 Å².